The first kappa shape index (κ1) is 15.8. The summed E-state index contributed by atoms with van der Waals surface area (Å²) in [5.41, 5.74) is 0. The van der Waals surface area contributed by atoms with Crippen LogP contribution in [0.4, 0.5) is 13.2 Å². The van der Waals surface area contributed by atoms with E-state index in [0.29, 0.717) is 12.6 Å². The molecule has 1 fully saturated rings. The van der Waals surface area contributed by atoms with Crippen LogP contribution in [-0.2, 0) is 0 Å². The molecular formula is C13H25F3N2. The second-order valence-corrected chi connectivity index (χ2v) is 5.51. The number of alkyl halides is 3. The van der Waals surface area contributed by atoms with E-state index in [1.807, 2.05) is 20.8 Å². The van der Waals surface area contributed by atoms with Gasteiger partial charge in [-0.1, -0.05) is 13.3 Å². The molecule has 0 radical (unpaired) electrons. The number of hydrogen-bond acceptors (Lipinski definition) is 2. The quantitative estimate of drug-likeness (QED) is 0.726. The van der Waals surface area contributed by atoms with Crippen LogP contribution in [-0.4, -0.2) is 42.3 Å². The van der Waals surface area contributed by atoms with Crippen LogP contribution in [0.5, 0.6) is 0 Å². The lowest BCUT2D eigenvalue weighted by Crippen LogP contribution is -2.50. The summed E-state index contributed by atoms with van der Waals surface area (Å²) in [7, 11) is 0. The predicted octanol–water partition coefficient (Wildman–Crippen LogP) is 3.18. The van der Waals surface area contributed by atoms with Gasteiger partial charge in [-0.3, -0.25) is 4.90 Å². The highest BCUT2D eigenvalue weighted by molar-refractivity contribution is 4.85. The van der Waals surface area contributed by atoms with Gasteiger partial charge in [0, 0.05) is 24.7 Å². The molecule has 0 aromatic carbocycles. The third kappa shape index (κ3) is 6.05. The molecule has 0 aliphatic heterocycles. The van der Waals surface area contributed by atoms with Crippen molar-refractivity contribution in [3.63, 3.8) is 0 Å². The first-order valence-corrected chi connectivity index (χ1v) is 6.89. The van der Waals surface area contributed by atoms with Gasteiger partial charge in [-0.05, 0) is 33.1 Å². The van der Waals surface area contributed by atoms with Gasteiger partial charge in [0.15, 0.2) is 0 Å². The molecule has 2 nitrogen and oxygen atoms in total. The average molecular weight is 266 g/mol. The van der Waals surface area contributed by atoms with E-state index in [2.05, 4.69) is 5.32 Å². The van der Waals surface area contributed by atoms with Crippen LogP contribution in [0.3, 0.4) is 0 Å². The van der Waals surface area contributed by atoms with Gasteiger partial charge in [0.2, 0.25) is 0 Å². The van der Waals surface area contributed by atoms with E-state index in [1.165, 1.54) is 12.8 Å². The van der Waals surface area contributed by atoms with Gasteiger partial charge in [0.05, 0.1) is 6.54 Å². The molecule has 1 rings (SSSR count). The minimum Gasteiger partial charge on any atom is -0.312 e. The highest BCUT2D eigenvalue weighted by atomic mass is 19.4. The topological polar surface area (TPSA) is 15.3 Å². The molecule has 1 aliphatic carbocycles. The fraction of sp³-hybridized carbons (Fsp3) is 1.00. The summed E-state index contributed by atoms with van der Waals surface area (Å²) in [5.74, 6) is 0. The molecule has 1 N–H and O–H groups in total. The summed E-state index contributed by atoms with van der Waals surface area (Å²) in [5, 5.41) is 3.35. The lowest BCUT2D eigenvalue weighted by molar-refractivity contribution is -0.155. The fourth-order valence-electron chi connectivity index (χ4n) is 2.25. The maximum atomic E-state index is 12.6. The number of hydrogen-bond donors (Lipinski definition) is 1. The van der Waals surface area contributed by atoms with Crippen molar-refractivity contribution < 1.29 is 13.2 Å². The minimum absolute atomic E-state index is 0.0165. The average Bonchev–Trinajstić information content (AvgIpc) is 3.03. The van der Waals surface area contributed by atoms with Crippen molar-refractivity contribution in [2.75, 3.05) is 13.1 Å². The lowest BCUT2D eigenvalue weighted by Gasteiger charge is -2.35. The molecule has 0 heterocycles. The van der Waals surface area contributed by atoms with Gasteiger partial charge in [-0.2, -0.15) is 13.2 Å². The Kier molecular flexibility index (Phi) is 5.92. The van der Waals surface area contributed by atoms with Crippen LogP contribution in [0.25, 0.3) is 0 Å². The van der Waals surface area contributed by atoms with Crippen molar-refractivity contribution in [2.45, 2.75) is 70.8 Å². The van der Waals surface area contributed by atoms with Gasteiger partial charge >= 0.3 is 6.18 Å². The van der Waals surface area contributed by atoms with Crippen LogP contribution in [0.1, 0.15) is 46.5 Å². The second kappa shape index (κ2) is 6.75. The summed E-state index contributed by atoms with van der Waals surface area (Å²) >= 11 is 0. The maximum Gasteiger partial charge on any atom is 0.401 e. The zero-order chi connectivity index (χ0) is 13.8. The highest BCUT2D eigenvalue weighted by Gasteiger charge is 2.35. The van der Waals surface area contributed by atoms with Crippen LogP contribution in [0, 0.1) is 0 Å². The minimum atomic E-state index is -4.12. The fourth-order valence-corrected chi connectivity index (χ4v) is 2.25. The Hall–Kier alpha value is -0.290. The van der Waals surface area contributed by atoms with Crippen LogP contribution >= 0.6 is 0 Å². The number of nitrogens with zero attached hydrogens (tertiary/aromatic N) is 1. The summed E-state index contributed by atoms with van der Waals surface area (Å²) in [6.07, 6.45) is -0.0541. The summed E-state index contributed by atoms with van der Waals surface area (Å²) in [6.45, 7) is 5.57. The van der Waals surface area contributed by atoms with Gasteiger partial charge < -0.3 is 5.32 Å². The Labute approximate surface area is 108 Å². The maximum absolute atomic E-state index is 12.6. The number of rotatable bonds is 8. The van der Waals surface area contributed by atoms with Crippen LogP contribution in [0.15, 0.2) is 0 Å². The van der Waals surface area contributed by atoms with Crippen molar-refractivity contribution in [2.24, 2.45) is 0 Å². The molecule has 1 saturated carbocycles. The SMILES string of the molecule is CCCC(CNC1CC1)N(CC(F)(F)F)C(C)C. The molecule has 0 aromatic rings. The van der Waals surface area contributed by atoms with Crippen molar-refractivity contribution in [1.29, 1.82) is 0 Å². The molecule has 18 heavy (non-hydrogen) atoms. The van der Waals surface area contributed by atoms with E-state index in [-0.39, 0.29) is 12.1 Å². The Balaban J connectivity index is 2.56. The third-order valence-corrected chi connectivity index (χ3v) is 3.34. The van der Waals surface area contributed by atoms with E-state index in [4.69, 9.17) is 0 Å². The van der Waals surface area contributed by atoms with Gasteiger partial charge in [-0.15, -0.1) is 0 Å². The molecule has 108 valence electrons. The molecule has 1 atom stereocenters. The summed E-state index contributed by atoms with van der Waals surface area (Å²) in [4.78, 5) is 1.58. The molecule has 5 heteroatoms. The molecular weight excluding hydrogens is 241 g/mol. The van der Waals surface area contributed by atoms with E-state index < -0.39 is 12.7 Å². The van der Waals surface area contributed by atoms with Gasteiger partial charge in [-0.25, -0.2) is 0 Å². The Bertz CT molecular complexity index is 237. The predicted molar refractivity (Wildman–Crippen MR) is 67.6 cm³/mol. The monoisotopic (exact) mass is 266 g/mol. The van der Waals surface area contributed by atoms with Crippen molar-refractivity contribution in [3.8, 4) is 0 Å². The molecule has 1 unspecified atom stereocenters. The molecule has 0 bridgehead atoms. The highest BCUT2D eigenvalue weighted by Crippen LogP contribution is 2.23. The van der Waals surface area contributed by atoms with E-state index in [9.17, 15) is 13.2 Å². The Morgan fingerprint density at radius 3 is 2.28 bits per heavy atom. The zero-order valence-electron chi connectivity index (χ0n) is 11.6. The standard InChI is InChI=1S/C13H25F3N2/c1-4-5-12(8-17-11-6-7-11)18(10(2)3)9-13(14,15)16/h10-12,17H,4-9H2,1-3H3. The zero-order valence-corrected chi connectivity index (χ0v) is 11.6. The smallest absolute Gasteiger partial charge is 0.312 e. The normalized spacial score (nSPS) is 18.7. The second-order valence-electron chi connectivity index (χ2n) is 5.51. The van der Waals surface area contributed by atoms with Crippen LogP contribution in [0.2, 0.25) is 0 Å². The molecule has 0 spiro atoms. The van der Waals surface area contributed by atoms with Crippen molar-refractivity contribution in [3.05, 3.63) is 0 Å². The molecule has 0 aromatic heterocycles. The molecule has 1 aliphatic rings. The van der Waals surface area contributed by atoms with Gasteiger partial charge in [0.25, 0.3) is 0 Å². The van der Waals surface area contributed by atoms with Crippen LogP contribution < -0.4 is 5.32 Å². The Morgan fingerprint density at radius 1 is 1.28 bits per heavy atom. The summed E-state index contributed by atoms with van der Waals surface area (Å²) in [6, 6.07) is 0.450. The number of halogens is 3. The largest absolute Gasteiger partial charge is 0.401 e. The lowest BCUT2D eigenvalue weighted by atomic mass is 10.1. The first-order chi connectivity index (χ1) is 8.33. The van der Waals surface area contributed by atoms with E-state index >= 15 is 0 Å². The Morgan fingerprint density at radius 2 is 1.89 bits per heavy atom. The van der Waals surface area contributed by atoms with E-state index in [0.717, 1.165) is 12.8 Å². The third-order valence-electron chi connectivity index (χ3n) is 3.34. The van der Waals surface area contributed by atoms with E-state index in [1.54, 1.807) is 4.90 Å². The molecule has 0 amide bonds. The van der Waals surface area contributed by atoms with Crippen molar-refractivity contribution >= 4 is 0 Å². The number of nitrogens with one attached hydrogen (secondary N) is 1. The van der Waals surface area contributed by atoms with Crippen molar-refractivity contribution in [1.82, 2.24) is 10.2 Å². The van der Waals surface area contributed by atoms with Gasteiger partial charge in [0.1, 0.15) is 0 Å². The molecule has 0 saturated heterocycles. The first-order valence-electron chi connectivity index (χ1n) is 6.89. The summed E-state index contributed by atoms with van der Waals surface area (Å²) < 4.78 is 37.8.